The number of nitrogens with zero attached hydrogens (tertiary/aromatic N) is 1. The zero-order chi connectivity index (χ0) is 11.3. The third-order valence-electron chi connectivity index (χ3n) is 2.38. The highest BCUT2D eigenvalue weighted by Gasteiger charge is 2.04. The van der Waals surface area contributed by atoms with E-state index in [4.69, 9.17) is 0 Å². The molecule has 3 heteroatoms. The molecule has 1 unspecified atom stereocenters. The molecule has 0 aliphatic carbocycles. The number of phenols is 1. The molecule has 1 aromatic rings. The number of rotatable bonds is 5. The van der Waals surface area contributed by atoms with Gasteiger partial charge < -0.3 is 15.3 Å². The molecular weight excluding hydrogens is 188 g/mol. The summed E-state index contributed by atoms with van der Waals surface area (Å²) < 4.78 is 0. The first kappa shape index (κ1) is 12.0. The van der Waals surface area contributed by atoms with E-state index >= 15 is 0 Å². The molecule has 0 saturated heterocycles. The third-order valence-corrected chi connectivity index (χ3v) is 2.38. The van der Waals surface area contributed by atoms with Crippen molar-refractivity contribution in [2.24, 2.45) is 0 Å². The second-order valence-corrected chi connectivity index (χ2v) is 4.07. The lowest BCUT2D eigenvalue weighted by Gasteiger charge is -2.16. The Morgan fingerprint density at radius 3 is 2.73 bits per heavy atom. The molecule has 84 valence electrons. The van der Waals surface area contributed by atoms with Gasteiger partial charge in [0, 0.05) is 19.1 Å². The summed E-state index contributed by atoms with van der Waals surface area (Å²) in [4.78, 5) is 2.14. The smallest absolute Gasteiger partial charge is 0.115 e. The van der Waals surface area contributed by atoms with E-state index in [-0.39, 0.29) is 6.04 Å². The average molecular weight is 208 g/mol. The topological polar surface area (TPSA) is 35.5 Å². The van der Waals surface area contributed by atoms with Gasteiger partial charge in [0.15, 0.2) is 0 Å². The van der Waals surface area contributed by atoms with Crippen molar-refractivity contribution in [2.75, 3.05) is 27.2 Å². The van der Waals surface area contributed by atoms with E-state index in [2.05, 4.69) is 31.2 Å². The highest BCUT2D eigenvalue weighted by Crippen LogP contribution is 2.17. The molecule has 3 nitrogen and oxygen atoms in total. The van der Waals surface area contributed by atoms with Gasteiger partial charge in [-0.25, -0.2) is 0 Å². The predicted octanol–water partition coefficient (Wildman–Crippen LogP) is 1.60. The van der Waals surface area contributed by atoms with Crippen LogP contribution in [0, 0.1) is 0 Å². The predicted molar refractivity (Wildman–Crippen MR) is 63.1 cm³/mol. The number of hydrogen-bond donors (Lipinski definition) is 2. The first-order valence-corrected chi connectivity index (χ1v) is 5.26. The lowest BCUT2D eigenvalue weighted by atomic mass is 10.1. The molecule has 0 amide bonds. The maximum absolute atomic E-state index is 9.34. The number of likely N-dealkylation sites (N-methyl/N-ethyl adjacent to an activating group) is 1. The van der Waals surface area contributed by atoms with Crippen molar-refractivity contribution < 1.29 is 5.11 Å². The summed E-state index contributed by atoms with van der Waals surface area (Å²) in [7, 11) is 4.11. The normalized spacial score (nSPS) is 13.1. The Morgan fingerprint density at radius 2 is 2.13 bits per heavy atom. The molecule has 0 bridgehead atoms. The molecule has 2 N–H and O–H groups in total. The van der Waals surface area contributed by atoms with Gasteiger partial charge in [0.2, 0.25) is 0 Å². The largest absolute Gasteiger partial charge is 0.508 e. The Balaban J connectivity index is 2.43. The van der Waals surface area contributed by atoms with Crippen LogP contribution in [-0.2, 0) is 0 Å². The first-order chi connectivity index (χ1) is 7.09. The Morgan fingerprint density at radius 1 is 1.40 bits per heavy atom. The lowest BCUT2D eigenvalue weighted by molar-refractivity contribution is 0.389. The summed E-state index contributed by atoms with van der Waals surface area (Å²) in [5.41, 5.74) is 1.12. The number of nitrogens with one attached hydrogen (secondary N) is 1. The molecule has 1 aromatic carbocycles. The summed E-state index contributed by atoms with van der Waals surface area (Å²) in [6, 6.07) is 7.66. The average Bonchev–Trinajstić information content (AvgIpc) is 2.17. The molecule has 0 aliphatic heterocycles. The van der Waals surface area contributed by atoms with E-state index in [1.165, 1.54) is 0 Å². The minimum Gasteiger partial charge on any atom is -0.508 e. The monoisotopic (exact) mass is 208 g/mol. The van der Waals surface area contributed by atoms with Gasteiger partial charge in [-0.2, -0.15) is 0 Å². The van der Waals surface area contributed by atoms with E-state index in [1.54, 1.807) is 12.1 Å². The summed E-state index contributed by atoms with van der Waals surface area (Å²) in [6.07, 6.45) is 0. The van der Waals surface area contributed by atoms with Crippen LogP contribution in [0.5, 0.6) is 5.75 Å². The van der Waals surface area contributed by atoms with Crippen molar-refractivity contribution in [3.63, 3.8) is 0 Å². The van der Waals surface area contributed by atoms with Gasteiger partial charge in [-0.1, -0.05) is 12.1 Å². The standard InChI is InChI=1S/C12H20N2O/c1-10(13-7-8-14(2)3)11-5-4-6-12(15)9-11/h4-6,9-10,13,15H,7-8H2,1-3H3. The number of hydrogen-bond acceptors (Lipinski definition) is 3. The quantitative estimate of drug-likeness (QED) is 0.771. The van der Waals surface area contributed by atoms with Crippen molar-refractivity contribution in [2.45, 2.75) is 13.0 Å². The van der Waals surface area contributed by atoms with Gasteiger partial charge >= 0.3 is 0 Å². The molecule has 0 aromatic heterocycles. The fraction of sp³-hybridized carbons (Fsp3) is 0.500. The van der Waals surface area contributed by atoms with Crippen LogP contribution in [0.3, 0.4) is 0 Å². The van der Waals surface area contributed by atoms with Crippen molar-refractivity contribution in [3.8, 4) is 5.75 Å². The Labute approximate surface area is 91.7 Å². The SMILES string of the molecule is CC(NCCN(C)C)c1cccc(O)c1. The minimum atomic E-state index is 0.275. The van der Waals surface area contributed by atoms with Crippen molar-refractivity contribution in [1.82, 2.24) is 10.2 Å². The van der Waals surface area contributed by atoms with Crippen LogP contribution in [0.4, 0.5) is 0 Å². The highest BCUT2D eigenvalue weighted by molar-refractivity contribution is 5.28. The van der Waals surface area contributed by atoms with E-state index in [0.29, 0.717) is 5.75 Å². The molecule has 0 fully saturated rings. The second-order valence-electron chi connectivity index (χ2n) is 4.07. The second kappa shape index (κ2) is 5.73. The fourth-order valence-electron chi connectivity index (χ4n) is 1.42. The highest BCUT2D eigenvalue weighted by atomic mass is 16.3. The van der Waals surface area contributed by atoms with Crippen LogP contribution < -0.4 is 5.32 Å². The van der Waals surface area contributed by atoms with E-state index < -0.39 is 0 Å². The summed E-state index contributed by atoms with van der Waals surface area (Å²) in [5.74, 6) is 0.328. The first-order valence-electron chi connectivity index (χ1n) is 5.26. The molecule has 15 heavy (non-hydrogen) atoms. The maximum Gasteiger partial charge on any atom is 0.115 e. The van der Waals surface area contributed by atoms with Crippen LogP contribution in [0.1, 0.15) is 18.5 Å². The molecular formula is C12H20N2O. The van der Waals surface area contributed by atoms with Crippen LogP contribution in [-0.4, -0.2) is 37.2 Å². The molecule has 0 heterocycles. The summed E-state index contributed by atoms with van der Waals surface area (Å²) in [6.45, 7) is 4.07. The van der Waals surface area contributed by atoms with Crippen LogP contribution in [0.15, 0.2) is 24.3 Å². The van der Waals surface area contributed by atoms with Crippen molar-refractivity contribution >= 4 is 0 Å². The summed E-state index contributed by atoms with van der Waals surface area (Å²) >= 11 is 0. The van der Waals surface area contributed by atoms with Crippen LogP contribution in [0.2, 0.25) is 0 Å². The minimum absolute atomic E-state index is 0.275. The number of phenolic OH excluding ortho intramolecular Hbond substituents is 1. The molecule has 0 saturated carbocycles. The maximum atomic E-state index is 9.34. The van der Waals surface area contributed by atoms with Gasteiger partial charge in [-0.05, 0) is 38.7 Å². The Bertz CT molecular complexity index is 299. The lowest BCUT2D eigenvalue weighted by Crippen LogP contribution is -2.28. The molecule has 1 atom stereocenters. The fourth-order valence-corrected chi connectivity index (χ4v) is 1.42. The number of benzene rings is 1. The molecule has 0 spiro atoms. The third kappa shape index (κ3) is 4.32. The Hall–Kier alpha value is -1.06. The van der Waals surface area contributed by atoms with Crippen LogP contribution >= 0.6 is 0 Å². The van der Waals surface area contributed by atoms with Gasteiger partial charge in [0.05, 0.1) is 0 Å². The Kier molecular flexibility index (Phi) is 4.59. The zero-order valence-electron chi connectivity index (χ0n) is 9.70. The number of aromatic hydroxyl groups is 1. The van der Waals surface area contributed by atoms with Gasteiger partial charge in [-0.15, -0.1) is 0 Å². The molecule has 1 rings (SSSR count). The van der Waals surface area contributed by atoms with E-state index in [1.807, 2.05) is 12.1 Å². The molecule has 0 radical (unpaired) electrons. The van der Waals surface area contributed by atoms with Gasteiger partial charge in [0.25, 0.3) is 0 Å². The van der Waals surface area contributed by atoms with E-state index in [9.17, 15) is 5.11 Å². The van der Waals surface area contributed by atoms with Gasteiger partial charge in [-0.3, -0.25) is 0 Å². The van der Waals surface area contributed by atoms with Crippen molar-refractivity contribution in [3.05, 3.63) is 29.8 Å². The zero-order valence-corrected chi connectivity index (χ0v) is 9.70. The van der Waals surface area contributed by atoms with Crippen LogP contribution in [0.25, 0.3) is 0 Å². The van der Waals surface area contributed by atoms with Crippen molar-refractivity contribution in [1.29, 1.82) is 0 Å². The van der Waals surface area contributed by atoms with E-state index in [0.717, 1.165) is 18.7 Å². The van der Waals surface area contributed by atoms with Gasteiger partial charge in [0.1, 0.15) is 5.75 Å². The molecule has 0 aliphatic rings. The summed E-state index contributed by atoms with van der Waals surface area (Å²) in [5, 5.41) is 12.7.